The molecule has 2 aromatic rings. The number of nitrogens with one attached hydrogen (secondary N) is 1. The summed E-state index contributed by atoms with van der Waals surface area (Å²) in [5.74, 6) is -4.77. The van der Waals surface area contributed by atoms with Crippen LogP contribution in [0.5, 0.6) is 0 Å². The van der Waals surface area contributed by atoms with E-state index in [9.17, 15) is 19.8 Å². The fraction of sp³-hybridized carbons (Fsp3) is 0.385. The quantitative estimate of drug-likeness (QED) is 0.315. The van der Waals surface area contributed by atoms with Crippen molar-refractivity contribution >= 4 is 29.3 Å². The normalized spacial score (nSPS) is 20.8. The van der Waals surface area contributed by atoms with Gasteiger partial charge in [0.1, 0.15) is 6.26 Å². The first-order valence-electron chi connectivity index (χ1n) is 11.5. The van der Waals surface area contributed by atoms with Gasteiger partial charge < -0.3 is 29.7 Å². The van der Waals surface area contributed by atoms with E-state index in [2.05, 4.69) is 5.32 Å². The molecule has 1 heterocycles. The Labute approximate surface area is 208 Å². The third-order valence-corrected chi connectivity index (χ3v) is 6.16. The molecule has 3 N–H and O–H groups in total. The molecule has 3 atom stereocenters. The van der Waals surface area contributed by atoms with Crippen LogP contribution in [0.4, 0.5) is 0 Å². The number of hydrogen-bond acceptors (Lipinski definition) is 7. The Morgan fingerprint density at radius 2 is 2.00 bits per heavy atom. The lowest BCUT2D eigenvalue weighted by atomic mass is 10.0. The molecule has 0 bridgehead atoms. The predicted molar refractivity (Wildman–Crippen MR) is 128 cm³/mol. The van der Waals surface area contributed by atoms with Gasteiger partial charge in [-0.05, 0) is 61.4 Å². The van der Waals surface area contributed by atoms with Crippen LogP contribution in [-0.2, 0) is 30.2 Å². The van der Waals surface area contributed by atoms with Crippen LogP contribution in [0.2, 0.25) is 5.02 Å². The molecule has 1 aliphatic carbocycles. The Balaban J connectivity index is 1.35. The van der Waals surface area contributed by atoms with Crippen LogP contribution in [0.15, 0.2) is 54.8 Å². The van der Waals surface area contributed by atoms with Crippen LogP contribution in [0.25, 0.3) is 5.76 Å². The smallest absolute Gasteiger partial charge is 0.452 e. The number of carbonyl (C=O) groups excluding carboxylic acids is 1. The van der Waals surface area contributed by atoms with Gasteiger partial charge in [-0.15, -0.1) is 0 Å². The van der Waals surface area contributed by atoms with Crippen molar-refractivity contribution in [3.8, 4) is 0 Å². The largest absolute Gasteiger partial charge is 0.475 e. The highest BCUT2D eigenvalue weighted by molar-refractivity contribution is 6.30. The highest BCUT2D eigenvalue weighted by Crippen LogP contribution is 2.35. The van der Waals surface area contributed by atoms with E-state index < -0.39 is 23.8 Å². The van der Waals surface area contributed by atoms with E-state index in [4.69, 9.17) is 25.8 Å². The van der Waals surface area contributed by atoms with Crippen molar-refractivity contribution < 1.29 is 34.0 Å². The van der Waals surface area contributed by atoms with Gasteiger partial charge in [-0.25, -0.2) is 9.59 Å². The minimum atomic E-state index is -2.54. The summed E-state index contributed by atoms with van der Waals surface area (Å²) in [5, 5.41) is 23.9. The molecule has 9 heteroatoms. The molecule has 0 spiro atoms. The average Bonchev–Trinajstić information content (AvgIpc) is 3.56. The van der Waals surface area contributed by atoms with Crippen LogP contribution >= 0.6 is 11.6 Å². The lowest BCUT2D eigenvalue weighted by Gasteiger charge is -2.21. The van der Waals surface area contributed by atoms with Gasteiger partial charge in [0.2, 0.25) is 0 Å². The molecule has 8 nitrogen and oxygen atoms in total. The van der Waals surface area contributed by atoms with E-state index in [1.807, 2.05) is 31.2 Å². The fourth-order valence-corrected chi connectivity index (χ4v) is 3.93. The van der Waals surface area contributed by atoms with Crippen LogP contribution in [0, 0.1) is 5.92 Å². The SMILES string of the molecule is CC(Cc1cccc(C2=COC(C(=O)O)(C(=O)OCC3CC3)O2)c1)NCC(O)c1cccc(Cl)c1. The van der Waals surface area contributed by atoms with E-state index in [0.717, 1.165) is 30.2 Å². The topological polar surface area (TPSA) is 114 Å². The Morgan fingerprint density at radius 1 is 1.23 bits per heavy atom. The second kappa shape index (κ2) is 10.7. The number of halogens is 1. The number of rotatable bonds is 11. The molecule has 1 aliphatic heterocycles. The lowest BCUT2D eigenvalue weighted by Crippen LogP contribution is -2.49. The van der Waals surface area contributed by atoms with E-state index in [1.165, 1.54) is 0 Å². The Morgan fingerprint density at radius 3 is 2.71 bits per heavy atom. The minimum Gasteiger partial charge on any atom is -0.475 e. The molecule has 2 aliphatic rings. The summed E-state index contributed by atoms with van der Waals surface area (Å²) in [6.07, 6.45) is 2.99. The van der Waals surface area contributed by atoms with Crippen LogP contribution in [0.3, 0.4) is 0 Å². The van der Waals surface area contributed by atoms with Gasteiger partial charge in [0.05, 0.1) is 12.7 Å². The van der Waals surface area contributed by atoms with Crippen molar-refractivity contribution in [1.29, 1.82) is 0 Å². The summed E-state index contributed by atoms with van der Waals surface area (Å²) in [4.78, 5) is 24.3. The van der Waals surface area contributed by atoms with E-state index in [-0.39, 0.29) is 24.3 Å². The van der Waals surface area contributed by atoms with E-state index in [0.29, 0.717) is 23.6 Å². The first kappa shape index (κ1) is 25.0. The molecular weight excluding hydrogens is 474 g/mol. The van der Waals surface area contributed by atoms with Gasteiger partial charge in [-0.2, -0.15) is 0 Å². The van der Waals surface area contributed by atoms with Gasteiger partial charge >= 0.3 is 17.7 Å². The minimum absolute atomic E-state index is 0.0318. The predicted octanol–water partition coefficient (Wildman–Crippen LogP) is 3.67. The van der Waals surface area contributed by atoms with E-state index >= 15 is 0 Å². The van der Waals surface area contributed by atoms with Crippen molar-refractivity contribution in [2.75, 3.05) is 13.2 Å². The molecule has 0 amide bonds. The number of aliphatic hydroxyl groups is 1. The number of hydrogen-bond donors (Lipinski definition) is 3. The van der Waals surface area contributed by atoms with Crippen molar-refractivity contribution in [1.82, 2.24) is 5.32 Å². The Kier molecular flexibility index (Phi) is 7.64. The maximum Gasteiger partial charge on any atom is 0.452 e. The van der Waals surface area contributed by atoms with Gasteiger partial charge in [0.25, 0.3) is 0 Å². The molecule has 3 unspecified atom stereocenters. The molecule has 1 saturated carbocycles. The summed E-state index contributed by atoms with van der Waals surface area (Å²) < 4.78 is 15.8. The molecule has 1 fully saturated rings. The molecule has 35 heavy (non-hydrogen) atoms. The van der Waals surface area contributed by atoms with Crippen molar-refractivity contribution in [3.63, 3.8) is 0 Å². The third kappa shape index (κ3) is 6.14. The average molecular weight is 502 g/mol. The number of ether oxygens (including phenoxy) is 3. The number of aliphatic hydroxyl groups excluding tert-OH is 1. The monoisotopic (exact) mass is 501 g/mol. The maximum atomic E-state index is 12.5. The molecular formula is C26H28ClNO7. The second-order valence-corrected chi connectivity index (χ2v) is 9.39. The maximum absolute atomic E-state index is 12.5. The highest BCUT2D eigenvalue weighted by Gasteiger charge is 2.57. The van der Waals surface area contributed by atoms with Crippen molar-refractivity contribution in [2.45, 2.75) is 44.1 Å². The van der Waals surface area contributed by atoms with Crippen LogP contribution in [-0.4, -0.2) is 47.1 Å². The number of esters is 1. The zero-order valence-electron chi connectivity index (χ0n) is 19.3. The second-order valence-electron chi connectivity index (χ2n) is 8.95. The van der Waals surface area contributed by atoms with Crippen LogP contribution in [0.1, 0.15) is 42.6 Å². The van der Waals surface area contributed by atoms with Crippen molar-refractivity contribution in [2.24, 2.45) is 5.92 Å². The zero-order chi connectivity index (χ0) is 25.0. The summed E-state index contributed by atoms with van der Waals surface area (Å²) in [5.41, 5.74) is 2.27. The van der Waals surface area contributed by atoms with Crippen molar-refractivity contribution in [3.05, 3.63) is 76.5 Å². The third-order valence-electron chi connectivity index (χ3n) is 5.93. The number of benzene rings is 2. The van der Waals surface area contributed by atoms with Gasteiger partial charge in [-0.3, -0.25) is 0 Å². The van der Waals surface area contributed by atoms with E-state index in [1.54, 1.807) is 24.3 Å². The number of aliphatic carboxylic acids is 1. The lowest BCUT2D eigenvalue weighted by molar-refractivity contribution is -0.212. The molecule has 186 valence electrons. The van der Waals surface area contributed by atoms with Crippen LogP contribution < -0.4 is 5.32 Å². The summed E-state index contributed by atoms with van der Waals surface area (Å²) in [6, 6.07) is 14.5. The first-order valence-corrected chi connectivity index (χ1v) is 11.9. The van der Waals surface area contributed by atoms with Gasteiger partial charge in [-0.1, -0.05) is 41.9 Å². The summed E-state index contributed by atoms with van der Waals surface area (Å²) >= 11 is 6.00. The molecule has 2 aromatic carbocycles. The fourth-order valence-electron chi connectivity index (χ4n) is 3.73. The first-order chi connectivity index (χ1) is 16.8. The Bertz CT molecular complexity index is 1120. The standard InChI is InChI=1S/C26H28ClNO7/c1-16(28-13-22(29)19-5-3-7-21(27)12-19)10-18-4-2-6-20(11-18)23-15-34-26(35-23,24(30)31)25(32)33-14-17-8-9-17/h2-7,11-12,15-17,22,28-29H,8-10,13-14H2,1H3,(H,30,31). The number of carboxylic acids is 1. The molecule has 0 saturated heterocycles. The summed E-state index contributed by atoms with van der Waals surface area (Å²) in [6.45, 7) is 2.51. The van der Waals surface area contributed by atoms with Gasteiger partial charge in [0, 0.05) is 23.2 Å². The number of carboxylic acid groups (broad SMARTS) is 1. The Hall–Kier alpha value is -3.07. The molecule has 4 rings (SSSR count). The highest BCUT2D eigenvalue weighted by atomic mass is 35.5. The zero-order valence-corrected chi connectivity index (χ0v) is 20.0. The molecule has 0 aromatic heterocycles. The van der Waals surface area contributed by atoms with Gasteiger partial charge in [0.15, 0.2) is 5.76 Å². The summed E-state index contributed by atoms with van der Waals surface area (Å²) in [7, 11) is 0. The molecule has 0 radical (unpaired) electrons. The number of carbonyl (C=O) groups is 2.